The van der Waals surface area contributed by atoms with Gasteiger partial charge in [0.25, 0.3) is 0 Å². The second-order valence-corrected chi connectivity index (χ2v) is 2.19. The molecule has 0 aromatic carbocycles. The van der Waals surface area contributed by atoms with E-state index in [0.29, 0.717) is 12.2 Å². The van der Waals surface area contributed by atoms with Crippen molar-refractivity contribution in [3.8, 4) is 0 Å². The topological polar surface area (TPSA) is 59.9 Å². The molecule has 1 rings (SSSR count). The van der Waals surface area contributed by atoms with Crippen molar-refractivity contribution in [2.75, 3.05) is 0 Å². The van der Waals surface area contributed by atoms with Gasteiger partial charge in [0.2, 0.25) is 5.91 Å². The van der Waals surface area contributed by atoms with Gasteiger partial charge in [0.1, 0.15) is 0 Å². The van der Waals surface area contributed by atoms with E-state index in [9.17, 15) is 4.79 Å². The molecule has 1 amide bonds. The Labute approximate surface area is 65.0 Å². The fourth-order valence-corrected chi connectivity index (χ4v) is 0.714. The first kappa shape index (κ1) is 7.78. The van der Waals surface area contributed by atoms with Crippen molar-refractivity contribution < 1.29 is 4.79 Å². The number of aromatic amines is 1. The first-order chi connectivity index (χ1) is 5.33. The number of amides is 1. The number of hydrogen-bond acceptors (Lipinski definition) is 2. The summed E-state index contributed by atoms with van der Waals surface area (Å²) in [5.41, 5.74) is 0. The average molecular weight is 152 g/mol. The van der Waals surface area contributed by atoms with Crippen LogP contribution in [0.1, 0.15) is 19.8 Å². The third-order valence-electron chi connectivity index (χ3n) is 1.19. The van der Waals surface area contributed by atoms with E-state index in [-0.39, 0.29) is 5.91 Å². The second kappa shape index (κ2) is 3.75. The molecule has 4 heteroatoms. The third-order valence-corrected chi connectivity index (χ3v) is 1.19. The van der Waals surface area contributed by atoms with Gasteiger partial charge in [0.05, 0.1) is 12.5 Å². The maximum Gasteiger partial charge on any atom is 0.247 e. The minimum Gasteiger partial charge on any atom is -0.330 e. The molecule has 1 N–H and O–H groups in total. The largest absolute Gasteiger partial charge is 0.330 e. The van der Waals surface area contributed by atoms with Gasteiger partial charge in [-0.2, -0.15) is 5.32 Å². The molecule has 0 saturated heterocycles. The second-order valence-electron chi connectivity index (χ2n) is 2.19. The number of nitrogens with one attached hydrogen (secondary N) is 1. The van der Waals surface area contributed by atoms with Crippen LogP contribution in [0.25, 0.3) is 0 Å². The molecule has 0 atom stereocenters. The molecule has 4 nitrogen and oxygen atoms in total. The van der Waals surface area contributed by atoms with Crippen molar-refractivity contribution in [3.63, 3.8) is 0 Å². The van der Waals surface area contributed by atoms with Gasteiger partial charge in [-0.25, -0.2) is 4.98 Å². The minimum absolute atomic E-state index is 0.100. The average Bonchev–Trinajstić information content (AvgIpc) is 2.40. The SMILES string of the molecule is CCCC(=O)[N]c1cnc[nH]1. The Balaban J connectivity index is 2.37. The number of rotatable bonds is 3. The summed E-state index contributed by atoms with van der Waals surface area (Å²) in [6, 6.07) is 0. The summed E-state index contributed by atoms with van der Waals surface area (Å²) in [4.78, 5) is 17.4. The van der Waals surface area contributed by atoms with Gasteiger partial charge in [0, 0.05) is 6.42 Å². The molecular formula is C7H10N3O. The summed E-state index contributed by atoms with van der Waals surface area (Å²) in [5.74, 6) is 0.431. The van der Waals surface area contributed by atoms with E-state index in [2.05, 4.69) is 15.3 Å². The normalized spacial score (nSPS) is 9.55. The fraction of sp³-hybridized carbons (Fsp3) is 0.429. The molecule has 0 aliphatic carbocycles. The Morgan fingerprint density at radius 1 is 1.82 bits per heavy atom. The molecule has 0 fully saturated rings. The Bertz CT molecular complexity index is 218. The number of H-pyrrole nitrogens is 1. The summed E-state index contributed by atoms with van der Waals surface area (Å²) in [6.45, 7) is 1.94. The van der Waals surface area contributed by atoms with Crippen LogP contribution in [0.3, 0.4) is 0 Å². The molecule has 0 aliphatic rings. The molecule has 1 aromatic rings. The predicted molar refractivity (Wildman–Crippen MR) is 40.3 cm³/mol. The quantitative estimate of drug-likeness (QED) is 0.701. The van der Waals surface area contributed by atoms with Crippen LogP contribution in [-0.2, 0) is 4.79 Å². The lowest BCUT2D eigenvalue weighted by atomic mass is 10.3. The molecule has 0 bridgehead atoms. The van der Waals surface area contributed by atoms with Crippen molar-refractivity contribution in [2.45, 2.75) is 19.8 Å². The fourth-order valence-electron chi connectivity index (χ4n) is 0.714. The van der Waals surface area contributed by atoms with Gasteiger partial charge >= 0.3 is 0 Å². The highest BCUT2D eigenvalue weighted by Crippen LogP contribution is 1.99. The monoisotopic (exact) mass is 152 g/mol. The van der Waals surface area contributed by atoms with Gasteiger partial charge < -0.3 is 4.98 Å². The van der Waals surface area contributed by atoms with Crippen LogP contribution >= 0.6 is 0 Å². The van der Waals surface area contributed by atoms with E-state index in [1.54, 1.807) is 0 Å². The van der Waals surface area contributed by atoms with Crippen LogP contribution in [0.4, 0.5) is 5.82 Å². The summed E-state index contributed by atoms with van der Waals surface area (Å²) >= 11 is 0. The first-order valence-corrected chi connectivity index (χ1v) is 3.56. The van der Waals surface area contributed by atoms with E-state index in [1.165, 1.54) is 12.5 Å². The summed E-state index contributed by atoms with van der Waals surface area (Å²) in [5, 5.41) is 3.75. The minimum atomic E-state index is -0.100. The van der Waals surface area contributed by atoms with E-state index < -0.39 is 0 Å². The van der Waals surface area contributed by atoms with Crippen LogP contribution in [0, 0.1) is 0 Å². The van der Waals surface area contributed by atoms with Crippen LogP contribution < -0.4 is 5.32 Å². The molecular weight excluding hydrogens is 142 g/mol. The zero-order valence-corrected chi connectivity index (χ0v) is 6.37. The molecule has 1 radical (unpaired) electrons. The van der Waals surface area contributed by atoms with Crippen LogP contribution in [0.5, 0.6) is 0 Å². The Kier molecular flexibility index (Phi) is 2.66. The number of carbonyl (C=O) groups excluding carboxylic acids is 1. The van der Waals surface area contributed by atoms with E-state index >= 15 is 0 Å². The summed E-state index contributed by atoms with van der Waals surface area (Å²) in [7, 11) is 0. The summed E-state index contributed by atoms with van der Waals surface area (Å²) < 4.78 is 0. The predicted octanol–water partition coefficient (Wildman–Crippen LogP) is 0.972. The molecule has 0 unspecified atom stereocenters. The lowest BCUT2D eigenvalue weighted by Crippen LogP contribution is -2.09. The lowest BCUT2D eigenvalue weighted by molar-refractivity contribution is -0.120. The van der Waals surface area contributed by atoms with Crippen LogP contribution in [0.15, 0.2) is 12.5 Å². The molecule has 0 saturated carbocycles. The van der Waals surface area contributed by atoms with E-state index in [1.807, 2.05) is 6.92 Å². The molecule has 59 valence electrons. The van der Waals surface area contributed by atoms with Crippen molar-refractivity contribution in [1.82, 2.24) is 15.3 Å². The zero-order valence-electron chi connectivity index (χ0n) is 6.37. The molecule has 0 spiro atoms. The smallest absolute Gasteiger partial charge is 0.247 e. The maximum atomic E-state index is 10.9. The van der Waals surface area contributed by atoms with Gasteiger partial charge in [-0.05, 0) is 6.42 Å². The highest BCUT2D eigenvalue weighted by atomic mass is 16.1. The molecule has 1 heterocycles. The number of imidazole rings is 1. The number of nitrogens with zero attached hydrogens (tertiary/aromatic N) is 2. The highest BCUT2D eigenvalue weighted by molar-refractivity contribution is 5.79. The number of hydrogen-bond donors (Lipinski definition) is 1. The standard InChI is InChI=1S/C7H10N3O/c1-2-3-7(11)10-6-4-8-5-9-6/h4-5H,2-3H2,1H3,(H,8,9). The van der Waals surface area contributed by atoms with Gasteiger partial charge in [-0.15, -0.1) is 0 Å². The Morgan fingerprint density at radius 2 is 2.64 bits per heavy atom. The molecule has 11 heavy (non-hydrogen) atoms. The van der Waals surface area contributed by atoms with Gasteiger partial charge in [-0.3, -0.25) is 4.79 Å². The Morgan fingerprint density at radius 3 is 3.18 bits per heavy atom. The van der Waals surface area contributed by atoms with Crippen LogP contribution in [0.2, 0.25) is 0 Å². The van der Waals surface area contributed by atoms with Crippen molar-refractivity contribution >= 4 is 11.7 Å². The van der Waals surface area contributed by atoms with Crippen molar-refractivity contribution in [1.29, 1.82) is 0 Å². The molecule has 1 aromatic heterocycles. The van der Waals surface area contributed by atoms with E-state index in [0.717, 1.165) is 6.42 Å². The van der Waals surface area contributed by atoms with Gasteiger partial charge in [0.15, 0.2) is 5.82 Å². The Hall–Kier alpha value is -1.32. The first-order valence-electron chi connectivity index (χ1n) is 3.56. The lowest BCUT2D eigenvalue weighted by Gasteiger charge is -1.94. The van der Waals surface area contributed by atoms with E-state index in [4.69, 9.17) is 0 Å². The van der Waals surface area contributed by atoms with Crippen molar-refractivity contribution in [3.05, 3.63) is 12.5 Å². The summed E-state index contributed by atoms with van der Waals surface area (Å²) in [6.07, 6.45) is 4.35. The molecule has 0 aliphatic heterocycles. The highest BCUT2D eigenvalue weighted by Gasteiger charge is 2.02. The van der Waals surface area contributed by atoms with Crippen molar-refractivity contribution in [2.24, 2.45) is 0 Å². The van der Waals surface area contributed by atoms with Gasteiger partial charge in [-0.1, -0.05) is 6.92 Å². The number of carbonyl (C=O) groups is 1. The van der Waals surface area contributed by atoms with Crippen LogP contribution in [-0.4, -0.2) is 15.9 Å². The maximum absolute atomic E-state index is 10.9. The third kappa shape index (κ3) is 2.41. The number of aromatic nitrogens is 2. The zero-order chi connectivity index (χ0) is 8.10.